The number of nitrogen functional groups attached to an aromatic ring is 1. The molecular weight excluding hydrogens is 276 g/mol. The number of rotatable bonds is 3. The van der Waals surface area contributed by atoms with Crippen LogP contribution in [0.1, 0.15) is 0 Å². The SMILES string of the molecule is Nc1ccc(-c2ccc([N+](=O)[O-])cc2)c(-c2ccccc2)c1. The Morgan fingerprint density at radius 2 is 1.41 bits per heavy atom. The number of benzene rings is 3. The van der Waals surface area contributed by atoms with Crippen LogP contribution < -0.4 is 5.73 Å². The van der Waals surface area contributed by atoms with E-state index in [4.69, 9.17) is 5.73 Å². The van der Waals surface area contributed by atoms with Gasteiger partial charge in [0, 0.05) is 17.8 Å². The highest BCUT2D eigenvalue weighted by molar-refractivity contribution is 5.85. The summed E-state index contributed by atoms with van der Waals surface area (Å²) in [6.45, 7) is 0. The van der Waals surface area contributed by atoms with Gasteiger partial charge in [-0.3, -0.25) is 10.1 Å². The lowest BCUT2D eigenvalue weighted by Crippen LogP contribution is -1.91. The van der Waals surface area contributed by atoms with E-state index in [0.717, 1.165) is 22.3 Å². The summed E-state index contributed by atoms with van der Waals surface area (Å²) in [6, 6.07) is 22.2. The first kappa shape index (κ1) is 13.8. The second-order valence-electron chi connectivity index (χ2n) is 4.98. The van der Waals surface area contributed by atoms with Crippen LogP contribution in [-0.2, 0) is 0 Å². The average molecular weight is 290 g/mol. The third-order valence-electron chi connectivity index (χ3n) is 3.52. The predicted octanol–water partition coefficient (Wildman–Crippen LogP) is 4.51. The fraction of sp³-hybridized carbons (Fsp3) is 0. The monoisotopic (exact) mass is 290 g/mol. The molecule has 108 valence electrons. The zero-order valence-electron chi connectivity index (χ0n) is 11.8. The molecule has 0 heterocycles. The topological polar surface area (TPSA) is 69.2 Å². The summed E-state index contributed by atoms with van der Waals surface area (Å²) >= 11 is 0. The molecule has 0 fully saturated rings. The Hall–Kier alpha value is -3.14. The van der Waals surface area contributed by atoms with Crippen LogP contribution >= 0.6 is 0 Å². The van der Waals surface area contributed by atoms with Crippen LogP contribution in [0.3, 0.4) is 0 Å². The molecule has 0 aliphatic rings. The van der Waals surface area contributed by atoms with Gasteiger partial charge in [-0.1, -0.05) is 36.4 Å². The van der Waals surface area contributed by atoms with E-state index in [9.17, 15) is 10.1 Å². The average Bonchev–Trinajstić information content (AvgIpc) is 2.56. The van der Waals surface area contributed by atoms with Crippen molar-refractivity contribution in [1.82, 2.24) is 0 Å². The second-order valence-corrected chi connectivity index (χ2v) is 4.98. The summed E-state index contributed by atoms with van der Waals surface area (Å²) < 4.78 is 0. The van der Waals surface area contributed by atoms with Crippen molar-refractivity contribution in [2.45, 2.75) is 0 Å². The maximum Gasteiger partial charge on any atom is 0.269 e. The molecule has 0 saturated heterocycles. The van der Waals surface area contributed by atoms with Crippen molar-refractivity contribution in [2.75, 3.05) is 5.73 Å². The molecule has 0 unspecified atom stereocenters. The minimum absolute atomic E-state index is 0.0838. The van der Waals surface area contributed by atoms with E-state index in [1.807, 2.05) is 48.5 Å². The summed E-state index contributed by atoms with van der Waals surface area (Å²) in [7, 11) is 0. The van der Waals surface area contributed by atoms with Gasteiger partial charge in [0.1, 0.15) is 0 Å². The molecule has 0 aromatic heterocycles. The number of nitro groups is 1. The fourth-order valence-electron chi connectivity index (χ4n) is 2.43. The largest absolute Gasteiger partial charge is 0.399 e. The first-order valence-electron chi connectivity index (χ1n) is 6.85. The van der Waals surface area contributed by atoms with E-state index < -0.39 is 4.92 Å². The number of hydrogen-bond donors (Lipinski definition) is 1. The lowest BCUT2D eigenvalue weighted by molar-refractivity contribution is -0.384. The van der Waals surface area contributed by atoms with Crippen molar-refractivity contribution in [1.29, 1.82) is 0 Å². The van der Waals surface area contributed by atoms with Gasteiger partial charge in [-0.05, 0) is 46.5 Å². The summed E-state index contributed by atoms with van der Waals surface area (Å²) in [5.74, 6) is 0. The van der Waals surface area contributed by atoms with Gasteiger partial charge in [0.25, 0.3) is 5.69 Å². The molecule has 0 atom stereocenters. The van der Waals surface area contributed by atoms with Gasteiger partial charge in [-0.15, -0.1) is 0 Å². The van der Waals surface area contributed by atoms with Crippen LogP contribution in [0.15, 0.2) is 72.8 Å². The van der Waals surface area contributed by atoms with Crippen molar-refractivity contribution in [3.63, 3.8) is 0 Å². The molecule has 0 radical (unpaired) electrons. The van der Waals surface area contributed by atoms with Crippen molar-refractivity contribution >= 4 is 11.4 Å². The van der Waals surface area contributed by atoms with Gasteiger partial charge in [-0.25, -0.2) is 0 Å². The van der Waals surface area contributed by atoms with Crippen LogP contribution in [0.2, 0.25) is 0 Å². The van der Waals surface area contributed by atoms with E-state index in [1.165, 1.54) is 12.1 Å². The summed E-state index contributed by atoms with van der Waals surface area (Å²) in [4.78, 5) is 10.4. The van der Waals surface area contributed by atoms with Crippen molar-refractivity contribution in [2.24, 2.45) is 0 Å². The number of hydrogen-bond acceptors (Lipinski definition) is 3. The third kappa shape index (κ3) is 2.67. The Kier molecular flexibility index (Phi) is 3.58. The minimum Gasteiger partial charge on any atom is -0.399 e. The highest BCUT2D eigenvalue weighted by Gasteiger charge is 2.10. The smallest absolute Gasteiger partial charge is 0.269 e. The highest BCUT2D eigenvalue weighted by Crippen LogP contribution is 2.34. The Labute approximate surface area is 128 Å². The molecule has 3 aromatic rings. The number of nitrogens with two attached hydrogens (primary N) is 1. The van der Waals surface area contributed by atoms with Crippen LogP contribution in [0.25, 0.3) is 22.3 Å². The van der Waals surface area contributed by atoms with Crippen LogP contribution in [0.5, 0.6) is 0 Å². The van der Waals surface area contributed by atoms with Gasteiger partial charge < -0.3 is 5.73 Å². The molecule has 3 rings (SSSR count). The fourth-order valence-corrected chi connectivity index (χ4v) is 2.43. The molecule has 22 heavy (non-hydrogen) atoms. The summed E-state index contributed by atoms with van der Waals surface area (Å²) in [5.41, 5.74) is 10.7. The zero-order chi connectivity index (χ0) is 15.5. The van der Waals surface area contributed by atoms with Crippen molar-refractivity contribution in [3.8, 4) is 22.3 Å². The molecule has 4 heteroatoms. The van der Waals surface area contributed by atoms with Gasteiger partial charge in [0.15, 0.2) is 0 Å². The van der Waals surface area contributed by atoms with Gasteiger partial charge in [-0.2, -0.15) is 0 Å². The number of non-ortho nitro benzene ring substituents is 1. The third-order valence-corrected chi connectivity index (χ3v) is 3.52. The Bertz CT molecular complexity index is 812. The minimum atomic E-state index is -0.398. The number of nitrogens with zero attached hydrogens (tertiary/aromatic N) is 1. The summed E-state index contributed by atoms with van der Waals surface area (Å²) in [6.07, 6.45) is 0. The Morgan fingerprint density at radius 1 is 0.773 bits per heavy atom. The maximum absolute atomic E-state index is 10.8. The van der Waals surface area contributed by atoms with E-state index in [2.05, 4.69) is 0 Å². The number of nitro benzene ring substituents is 1. The van der Waals surface area contributed by atoms with Gasteiger partial charge in [0.05, 0.1) is 4.92 Å². The van der Waals surface area contributed by atoms with Crippen LogP contribution in [0, 0.1) is 10.1 Å². The van der Waals surface area contributed by atoms with E-state index in [0.29, 0.717) is 5.69 Å². The van der Waals surface area contributed by atoms with E-state index in [1.54, 1.807) is 12.1 Å². The zero-order valence-corrected chi connectivity index (χ0v) is 11.8. The molecule has 0 spiro atoms. The van der Waals surface area contributed by atoms with Crippen LogP contribution in [0.4, 0.5) is 11.4 Å². The number of anilines is 1. The molecule has 3 aromatic carbocycles. The molecular formula is C18H14N2O2. The van der Waals surface area contributed by atoms with Gasteiger partial charge >= 0.3 is 0 Å². The molecule has 0 aliphatic carbocycles. The Balaban J connectivity index is 2.13. The lowest BCUT2D eigenvalue weighted by Gasteiger charge is -2.11. The Morgan fingerprint density at radius 3 is 2.05 bits per heavy atom. The van der Waals surface area contributed by atoms with E-state index >= 15 is 0 Å². The quantitative estimate of drug-likeness (QED) is 0.438. The standard InChI is InChI=1S/C18H14N2O2/c19-15-8-11-17(14-6-9-16(10-7-14)20(21)22)18(12-15)13-4-2-1-3-5-13/h1-12H,19H2. The second kappa shape index (κ2) is 5.69. The first-order valence-corrected chi connectivity index (χ1v) is 6.85. The molecule has 0 aliphatic heterocycles. The normalized spacial score (nSPS) is 10.4. The molecule has 0 amide bonds. The van der Waals surface area contributed by atoms with Gasteiger partial charge in [0.2, 0.25) is 0 Å². The molecule has 0 bridgehead atoms. The van der Waals surface area contributed by atoms with E-state index in [-0.39, 0.29) is 5.69 Å². The highest BCUT2D eigenvalue weighted by atomic mass is 16.6. The van der Waals surface area contributed by atoms with Crippen LogP contribution in [-0.4, -0.2) is 4.92 Å². The molecule has 0 saturated carbocycles. The first-order chi connectivity index (χ1) is 10.6. The van der Waals surface area contributed by atoms with Crippen molar-refractivity contribution in [3.05, 3.63) is 82.9 Å². The maximum atomic E-state index is 10.8. The molecule has 4 nitrogen and oxygen atoms in total. The predicted molar refractivity (Wildman–Crippen MR) is 88.4 cm³/mol. The summed E-state index contributed by atoms with van der Waals surface area (Å²) in [5, 5.41) is 10.8. The lowest BCUT2D eigenvalue weighted by atomic mass is 9.94. The van der Waals surface area contributed by atoms with Crippen molar-refractivity contribution < 1.29 is 4.92 Å². The molecule has 2 N–H and O–H groups in total.